The molecule has 20 heavy (non-hydrogen) atoms. The molecule has 0 nitrogen and oxygen atoms in total. The minimum absolute atomic E-state index is 0.246. The molecular formula is C14H11Br2F3S. The van der Waals surface area contributed by atoms with Crippen molar-refractivity contribution in [3.63, 3.8) is 0 Å². The Morgan fingerprint density at radius 2 is 1.90 bits per heavy atom. The Hall–Kier alpha value is -0.330. The number of hydrogen-bond donors (Lipinski definition) is 0. The lowest BCUT2D eigenvalue weighted by molar-refractivity contribution is -0.137. The van der Waals surface area contributed by atoms with Crippen molar-refractivity contribution in [1.29, 1.82) is 0 Å². The van der Waals surface area contributed by atoms with Crippen molar-refractivity contribution in [3.8, 4) is 0 Å². The van der Waals surface area contributed by atoms with Crippen LogP contribution in [0.3, 0.4) is 0 Å². The lowest BCUT2D eigenvalue weighted by atomic mass is 10.1. The van der Waals surface area contributed by atoms with E-state index in [2.05, 4.69) is 38.8 Å². The number of hydrogen-bond acceptors (Lipinski definition) is 1. The van der Waals surface area contributed by atoms with E-state index in [1.54, 1.807) is 11.3 Å². The van der Waals surface area contributed by atoms with Gasteiger partial charge in [-0.15, -0.1) is 11.3 Å². The van der Waals surface area contributed by atoms with Crippen LogP contribution in [-0.2, 0) is 12.6 Å². The van der Waals surface area contributed by atoms with Crippen molar-refractivity contribution in [3.05, 3.63) is 55.7 Å². The van der Waals surface area contributed by atoms with Gasteiger partial charge in [0.25, 0.3) is 0 Å². The molecule has 0 amide bonds. The molecule has 0 fully saturated rings. The van der Waals surface area contributed by atoms with E-state index in [-0.39, 0.29) is 4.83 Å². The zero-order valence-corrected chi connectivity index (χ0v) is 14.5. The molecule has 0 aliphatic heterocycles. The topological polar surface area (TPSA) is 0 Å². The van der Waals surface area contributed by atoms with E-state index in [1.165, 1.54) is 17.0 Å². The maximum absolute atomic E-state index is 12.8. The molecule has 0 saturated carbocycles. The molecule has 0 radical (unpaired) electrons. The third kappa shape index (κ3) is 3.46. The van der Waals surface area contributed by atoms with Crippen LogP contribution in [-0.4, -0.2) is 0 Å². The second-order valence-electron chi connectivity index (χ2n) is 4.25. The molecule has 108 valence electrons. The second-order valence-corrected chi connectivity index (χ2v) is 7.22. The first-order chi connectivity index (χ1) is 9.32. The first-order valence-corrected chi connectivity index (χ1v) is 8.44. The van der Waals surface area contributed by atoms with Crippen LogP contribution in [0.2, 0.25) is 0 Å². The van der Waals surface area contributed by atoms with Crippen molar-refractivity contribution < 1.29 is 13.2 Å². The molecule has 1 heterocycles. The molecule has 2 aromatic rings. The third-order valence-corrected chi connectivity index (χ3v) is 6.18. The fraction of sp³-hybridized carbons (Fsp3) is 0.286. The van der Waals surface area contributed by atoms with E-state index in [4.69, 9.17) is 0 Å². The lowest BCUT2D eigenvalue weighted by Gasteiger charge is -2.14. The Labute approximate surface area is 136 Å². The van der Waals surface area contributed by atoms with Crippen LogP contribution in [0.5, 0.6) is 0 Å². The van der Waals surface area contributed by atoms with Crippen LogP contribution in [0.1, 0.15) is 32.6 Å². The van der Waals surface area contributed by atoms with Gasteiger partial charge in [0.05, 0.1) is 10.4 Å². The van der Waals surface area contributed by atoms with Gasteiger partial charge in [0, 0.05) is 14.2 Å². The second kappa shape index (κ2) is 6.20. The molecule has 0 saturated heterocycles. The van der Waals surface area contributed by atoms with Crippen molar-refractivity contribution >= 4 is 43.2 Å². The highest BCUT2D eigenvalue weighted by molar-refractivity contribution is 9.11. The van der Waals surface area contributed by atoms with Gasteiger partial charge in [-0.3, -0.25) is 0 Å². The molecule has 6 heteroatoms. The molecule has 0 bridgehead atoms. The maximum atomic E-state index is 12.8. The predicted molar refractivity (Wildman–Crippen MR) is 83.6 cm³/mol. The summed E-state index contributed by atoms with van der Waals surface area (Å²) in [4.78, 5) is 1.97. The van der Waals surface area contributed by atoms with Crippen LogP contribution in [0.15, 0.2) is 34.8 Å². The van der Waals surface area contributed by atoms with Crippen molar-refractivity contribution in [2.45, 2.75) is 24.3 Å². The predicted octanol–water partition coefficient (Wildman–Crippen LogP) is 6.58. The van der Waals surface area contributed by atoms with Gasteiger partial charge in [-0.25, -0.2) is 0 Å². The number of thiophene rings is 1. The zero-order valence-electron chi connectivity index (χ0n) is 10.5. The summed E-state index contributed by atoms with van der Waals surface area (Å²) in [6.45, 7) is 2.05. The van der Waals surface area contributed by atoms with Crippen LogP contribution < -0.4 is 0 Å². The molecular weight excluding hydrogens is 417 g/mol. The summed E-state index contributed by atoms with van der Waals surface area (Å²) in [7, 11) is 0. The van der Waals surface area contributed by atoms with Gasteiger partial charge in [0.15, 0.2) is 0 Å². The van der Waals surface area contributed by atoms with E-state index < -0.39 is 11.7 Å². The first kappa shape index (κ1) is 16.0. The van der Waals surface area contributed by atoms with Crippen LogP contribution >= 0.6 is 43.2 Å². The monoisotopic (exact) mass is 426 g/mol. The van der Waals surface area contributed by atoms with Gasteiger partial charge in [-0.05, 0) is 42.3 Å². The summed E-state index contributed by atoms with van der Waals surface area (Å²) in [6.07, 6.45) is -3.40. The minimum Gasteiger partial charge on any atom is -0.166 e. The van der Waals surface area contributed by atoms with Crippen LogP contribution in [0.4, 0.5) is 13.2 Å². The molecule has 0 spiro atoms. The lowest BCUT2D eigenvalue weighted by Crippen LogP contribution is -2.06. The fourth-order valence-electron chi connectivity index (χ4n) is 1.79. The smallest absolute Gasteiger partial charge is 0.166 e. The Balaban J connectivity index is 2.40. The van der Waals surface area contributed by atoms with Gasteiger partial charge < -0.3 is 0 Å². The summed E-state index contributed by atoms with van der Waals surface area (Å²) in [5, 5.41) is 0. The Kier molecular flexibility index (Phi) is 4.97. The Bertz CT molecular complexity index is 605. The van der Waals surface area contributed by atoms with Crippen molar-refractivity contribution in [2.24, 2.45) is 0 Å². The first-order valence-electron chi connectivity index (χ1n) is 5.92. The standard InChI is InChI=1S/C14H11Br2F3S/c1-2-9-4-6-12(20-9)13(16)10-7-8(14(17,18)19)3-5-11(10)15/h3-7,13H,2H2,1H3. The highest BCUT2D eigenvalue weighted by atomic mass is 79.9. The van der Waals surface area contributed by atoms with E-state index in [9.17, 15) is 13.2 Å². The number of alkyl halides is 4. The summed E-state index contributed by atoms with van der Waals surface area (Å²) in [5.74, 6) is 0. The van der Waals surface area contributed by atoms with Gasteiger partial charge in [0.2, 0.25) is 0 Å². The van der Waals surface area contributed by atoms with E-state index in [0.29, 0.717) is 10.0 Å². The van der Waals surface area contributed by atoms with E-state index in [1.807, 2.05) is 12.1 Å². The molecule has 0 aliphatic carbocycles. The molecule has 0 aliphatic rings. The van der Waals surface area contributed by atoms with Gasteiger partial charge >= 0.3 is 6.18 Å². The SMILES string of the molecule is CCc1ccc(C(Br)c2cc(C(F)(F)F)ccc2Br)s1. The summed E-state index contributed by atoms with van der Waals surface area (Å²) < 4.78 is 39.1. The Morgan fingerprint density at radius 3 is 2.45 bits per heavy atom. The van der Waals surface area contributed by atoms with Crippen LogP contribution in [0.25, 0.3) is 0 Å². The number of aryl methyl sites for hydroxylation is 1. The normalized spacial score (nSPS) is 13.5. The molecule has 1 aromatic heterocycles. The van der Waals surface area contributed by atoms with Gasteiger partial charge in [-0.2, -0.15) is 13.2 Å². The molecule has 1 atom stereocenters. The quantitative estimate of drug-likeness (QED) is 0.485. The molecule has 0 N–H and O–H groups in total. The number of benzene rings is 1. The molecule has 1 aromatic carbocycles. The maximum Gasteiger partial charge on any atom is 0.416 e. The summed E-state index contributed by atoms with van der Waals surface area (Å²) in [6, 6.07) is 7.68. The molecule has 2 rings (SSSR count). The average molecular weight is 428 g/mol. The Morgan fingerprint density at radius 1 is 1.20 bits per heavy atom. The number of halogens is 5. The largest absolute Gasteiger partial charge is 0.416 e. The number of rotatable bonds is 3. The zero-order chi connectivity index (χ0) is 14.9. The average Bonchev–Trinajstić information content (AvgIpc) is 2.86. The third-order valence-electron chi connectivity index (χ3n) is 2.88. The molecule has 1 unspecified atom stereocenters. The summed E-state index contributed by atoms with van der Waals surface area (Å²) >= 11 is 8.44. The van der Waals surface area contributed by atoms with E-state index >= 15 is 0 Å². The van der Waals surface area contributed by atoms with Crippen molar-refractivity contribution in [1.82, 2.24) is 0 Å². The van der Waals surface area contributed by atoms with Gasteiger partial charge in [0.1, 0.15) is 0 Å². The summed E-state index contributed by atoms with van der Waals surface area (Å²) in [5.41, 5.74) is -0.0447. The van der Waals surface area contributed by atoms with Crippen molar-refractivity contribution in [2.75, 3.05) is 0 Å². The van der Waals surface area contributed by atoms with Gasteiger partial charge in [-0.1, -0.05) is 38.8 Å². The highest BCUT2D eigenvalue weighted by Gasteiger charge is 2.31. The highest BCUT2D eigenvalue weighted by Crippen LogP contribution is 2.41. The fourth-order valence-corrected chi connectivity index (χ4v) is 4.33. The van der Waals surface area contributed by atoms with E-state index in [0.717, 1.165) is 17.4 Å². The van der Waals surface area contributed by atoms with Crippen LogP contribution in [0, 0.1) is 0 Å². The minimum atomic E-state index is -4.33.